The van der Waals surface area contributed by atoms with E-state index in [1.165, 1.54) is 21.6 Å². The molecule has 0 atom stereocenters. The van der Waals surface area contributed by atoms with E-state index < -0.39 is 10.7 Å². The number of rotatable bonds is 6. The van der Waals surface area contributed by atoms with Crippen molar-refractivity contribution in [2.75, 3.05) is 0 Å². The molecule has 9 nitrogen and oxygen atoms in total. The lowest BCUT2D eigenvalue weighted by Gasteiger charge is -1.95. The van der Waals surface area contributed by atoms with Gasteiger partial charge in [-0.3, -0.25) is 9.48 Å². The minimum atomic E-state index is -0.652. The molecule has 0 spiro atoms. The normalized spacial score (nSPS) is 11.3. The summed E-state index contributed by atoms with van der Waals surface area (Å²) in [5, 5.41) is 18.6. The number of nitrogens with zero attached hydrogens (tertiary/aromatic N) is 5. The van der Waals surface area contributed by atoms with Crippen molar-refractivity contribution in [2.24, 2.45) is 7.05 Å². The molecular weight excluding hydrogens is 362 g/mol. The zero-order valence-corrected chi connectivity index (χ0v) is 14.7. The number of aryl methyl sites for hydroxylation is 2. The Morgan fingerprint density at radius 1 is 1.42 bits per heavy atom. The molecule has 0 bridgehead atoms. The van der Waals surface area contributed by atoms with E-state index in [2.05, 4.69) is 10.2 Å². The summed E-state index contributed by atoms with van der Waals surface area (Å²) in [4.78, 5) is 22.3. The Labute approximate surface area is 152 Å². The van der Waals surface area contributed by atoms with E-state index in [9.17, 15) is 14.9 Å². The molecule has 3 rings (SSSR count). The summed E-state index contributed by atoms with van der Waals surface area (Å²) in [5.41, 5.74) is 1.24. The highest BCUT2D eigenvalue weighted by atomic mass is 35.5. The lowest BCUT2D eigenvalue weighted by Crippen LogP contribution is -2.03. The molecule has 0 fully saturated rings. The van der Waals surface area contributed by atoms with Crippen LogP contribution in [0.3, 0.4) is 0 Å². The van der Waals surface area contributed by atoms with E-state index in [4.69, 9.17) is 16.0 Å². The van der Waals surface area contributed by atoms with Gasteiger partial charge in [-0.15, -0.1) is 0 Å². The minimum absolute atomic E-state index is 0.0428. The second kappa shape index (κ2) is 6.96. The van der Waals surface area contributed by atoms with Gasteiger partial charge in [-0.25, -0.2) is 0 Å². The summed E-state index contributed by atoms with van der Waals surface area (Å²) in [6.07, 6.45) is 4.30. The maximum Gasteiger partial charge on any atom is 0.408 e. The first-order valence-corrected chi connectivity index (χ1v) is 7.90. The number of furan rings is 1. The van der Waals surface area contributed by atoms with E-state index in [1.807, 2.05) is 6.92 Å². The van der Waals surface area contributed by atoms with Crippen LogP contribution in [-0.4, -0.2) is 30.3 Å². The van der Waals surface area contributed by atoms with Gasteiger partial charge in [0, 0.05) is 7.05 Å². The molecule has 0 aromatic carbocycles. The summed E-state index contributed by atoms with van der Waals surface area (Å²) in [7, 11) is 1.70. The van der Waals surface area contributed by atoms with Crippen LogP contribution in [-0.2, 0) is 13.6 Å². The fourth-order valence-electron chi connectivity index (χ4n) is 2.40. The van der Waals surface area contributed by atoms with Gasteiger partial charge in [0.15, 0.2) is 5.02 Å². The molecule has 0 aliphatic heterocycles. The van der Waals surface area contributed by atoms with Gasteiger partial charge in [0.05, 0.1) is 17.0 Å². The van der Waals surface area contributed by atoms with Crippen molar-refractivity contribution in [2.45, 2.75) is 13.5 Å². The molecule has 0 amide bonds. The molecular formula is C16H14ClN5O4. The molecule has 0 aliphatic carbocycles. The first-order valence-electron chi connectivity index (χ1n) is 7.52. The van der Waals surface area contributed by atoms with Gasteiger partial charge in [0.2, 0.25) is 5.78 Å². The average Bonchev–Trinajstić information content (AvgIpc) is 3.25. The third kappa shape index (κ3) is 3.72. The van der Waals surface area contributed by atoms with Gasteiger partial charge in [-0.1, -0.05) is 11.6 Å². The van der Waals surface area contributed by atoms with Crippen LogP contribution in [0, 0.1) is 17.0 Å². The number of hydrogen-bond donors (Lipinski definition) is 0. The summed E-state index contributed by atoms with van der Waals surface area (Å²) >= 11 is 5.76. The van der Waals surface area contributed by atoms with Crippen molar-refractivity contribution in [1.29, 1.82) is 0 Å². The molecule has 0 aliphatic rings. The highest BCUT2D eigenvalue weighted by molar-refractivity contribution is 6.32. The predicted octanol–water partition coefficient (Wildman–Crippen LogP) is 3.02. The first kappa shape index (κ1) is 17.6. The van der Waals surface area contributed by atoms with E-state index in [1.54, 1.807) is 31.3 Å². The zero-order chi connectivity index (χ0) is 18.8. The number of carbonyl (C=O) groups is 1. The quantitative estimate of drug-likeness (QED) is 0.283. The van der Waals surface area contributed by atoms with Crippen molar-refractivity contribution in [1.82, 2.24) is 19.6 Å². The van der Waals surface area contributed by atoms with Crippen LogP contribution < -0.4 is 0 Å². The molecule has 0 radical (unpaired) electrons. The van der Waals surface area contributed by atoms with Gasteiger partial charge >= 0.3 is 5.82 Å². The minimum Gasteiger partial charge on any atom is -0.460 e. The van der Waals surface area contributed by atoms with Crippen LogP contribution in [0.5, 0.6) is 0 Å². The molecule has 26 heavy (non-hydrogen) atoms. The average molecular weight is 376 g/mol. The molecule has 10 heteroatoms. The standard InChI is InChI=1S/C16H14ClN5O4/c1-10-7-14(20(2)18-10)15(23)6-5-11-3-4-12(26-11)8-21-9-13(17)16(19-21)22(24)25/h3-7,9H,8H2,1-2H3/b6-5+. The van der Waals surface area contributed by atoms with Crippen LogP contribution in [0.1, 0.15) is 27.7 Å². The molecule has 0 N–H and O–H groups in total. The van der Waals surface area contributed by atoms with Crippen LogP contribution >= 0.6 is 11.6 Å². The van der Waals surface area contributed by atoms with Crippen molar-refractivity contribution < 1.29 is 14.1 Å². The fourth-order valence-corrected chi connectivity index (χ4v) is 2.62. The van der Waals surface area contributed by atoms with Crippen LogP contribution in [0.2, 0.25) is 5.02 Å². The largest absolute Gasteiger partial charge is 0.460 e. The molecule has 0 saturated heterocycles. The van der Waals surface area contributed by atoms with Gasteiger partial charge in [-0.05, 0) is 42.2 Å². The van der Waals surface area contributed by atoms with Crippen LogP contribution in [0.25, 0.3) is 6.08 Å². The molecule has 0 saturated carbocycles. The molecule has 3 aromatic heterocycles. The SMILES string of the molecule is Cc1cc(C(=O)/C=C/c2ccc(Cn3cc(Cl)c([N+](=O)[O-])n3)o2)n(C)n1. The van der Waals surface area contributed by atoms with E-state index >= 15 is 0 Å². The summed E-state index contributed by atoms with van der Waals surface area (Å²) in [6.45, 7) is 1.99. The highest BCUT2D eigenvalue weighted by Crippen LogP contribution is 2.22. The number of halogens is 1. The Kier molecular flexibility index (Phi) is 4.72. The summed E-state index contributed by atoms with van der Waals surface area (Å²) in [5.74, 6) is 0.387. The number of carbonyl (C=O) groups excluding carboxylic acids is 1. The summed E-state index contributed by atoms with van der Waals surface area (Å²) < 4.78 is 8.42. The topological polar surface area (TPSA) is 109 Å². The van der Waals surface area contributed by atoms with E-state index in [0.717, 1.165) is 5.69 Å². The number of nitro groups is 1. The maximum absolute atomic E-state index is 12.2. The lowest BCUT2D eigenvalue weighted by molar-refractivity contribution is -0.389. The van der Waals surface area contributed by atoms with Crippen molar-refractivity contribution >= 4 is 29.3 Å². The molecule has 3 heterocycles. The fraction of sp³-hybridized carbons (Fsp3) is 0.188. The van der Waals surface area contributed by atoms with Gasteiger partial charge in [0.25, 0.3) is 0 Å². The number of aromatic nitrogens is 4. The summed E-state index contributed by atoms with van der Waals surface area (Å²) in [6, 6.07) is 5.08. The third-order valence-electron chi connectivity index (χ3n) is 3.53. The smallest absolute Gasteiger partial charge is 0.408 e. The maximum atomic E-state index is 12.2. The first-order chi connectivity index (χ1) is 12.3. The molecule has 134 valence electrons. The number of allylic oxidation sites excluding steroid dienone is 1. The van der Waals surface area contributed by atoms with E-state index in [-0.39, 0.29) is 17.4 Å². The van der Waals surface area contributed by atoms with Crippen LogP contribution in [0.15, 0.2) is 34.9 Å². The predicted molar refractivity (Wildman–Crippen MR) is 93.0 cm³/mol. The zero-order valence-electron chi connectivity index (χ0n) is 13.9. The lowest BCUT2D eigenvalue weighted by atomic mass is 10.2. The Balaban J connectivity index is 1.70. The van der Waals surface area contributed by atoms with Gasteiger partial charge in [-0.2, -0.15) is 9.78 Å². The monoisotopic (exact) mass is 375 g/mol. The van der Waals surface area contributed by atoms with Crippen molar-refractivity contribution in [3.63, 3.8) is 0 Å². The highest BCUT2D eigenvalue weighted by Gasteiger charge is 2.19. The Hall–Kier alpha value is -3.20. The Morgan fingerprint density at radius 2 is 2.19 bits per heavy atom. The third-order valence-corrected chi connectivity index (χ3v) is 3.79. The van der Waals surface area contributed by atoms with Gasteiger partial charge in [0.1, 0.15) is 23.8 Å². The second-order valence-corrected chi connectivity index (χ2v) is 5.96. The molecule has 0 unspecified atom stereocenters. The molecule has 3 aromatic rings. The van der Waals surface area contributed by atoms with Crippen molar-refractivity contribution in [3.05, 3.63) is 68.5 Å². The number of ketones is 1. The Morgan fingerprint density at radius 3 is 2.81 bits per heavy atom. The van der Waals surface area contributed by atoms with E-state index in [0.29, 0.717) is 17.2 Å². The van der Waals surface area contributed by atoms with Crippen LogP contribution in [0.4, 0.5) is 5.82 Å². The van der Waals surface area contributed by atoms with Gasteiger partial charge < -0.3 is 14.5 Å². The number of hydrogen-bond acceptors (Lipinski definition) is 6. The Bertz CT molecular complexity index is 1010. The van der Waals surface area contributed by atoms with Crippen molar-refractivity contribution in [3.8, 4) is 0 Å². The second-order valence-electron chi connectivity index (χ2n) is 5.55.